The van der Waals surface area contributed by atoms with E-state index in [9.17, 15) is 14.4 Å². The molecule has 0 aliphatic carbocycles. The molecule has 0 unspecified atom stereocenters. The maximum atomic E-state index is 13.7. The van der Waals surface area contributed by atoms with Gasteiger partial charge in [0.2, 0.25) is 0 Å². The Labute approximate surface area is 212 Å². The number of carbonyl (C=O) groups excluding carboxylic acids is 3. The van der Waals surface area contributed by atoms with E-state index in [1.807, 2.05) is 60.7 Å². The average molecular weight is 503 g/mol. The Kier molecular flexibility index (Phi) is 8.07. The van der Waals surface area contributed by atoms with Crippen LogP contribution in [0.25, 0.3) is 10.2 Å². The average Bonchev–Trinajstić information content (AvgIpc) is 3.21. The Morgan fingerprint density at radius 3 is 2.06 bits per heavy atom. The number of hydrogen-bond donors (Lipinski definition) is 0. The smallest absolute Gasteiger partial charge is 0.338 e. The minimum atomic E-state index is -0.608. The van der Waals surface area contributed by atoms with E-state index < -0.39 is 17.9 Å². The molecular weight excluding hydrogens is 476 g/mol. The third-order valence-corrected chi connectivity index (χ3v) is 6.55. The Bertz CT molecular complexity index is 1400. The van der Waals surface area contributed by atoms with Gasteiger partial charge >= 0.3 is 11.9 Å². The van der Waals surface area contributed by atoms with Crippen molar-refractivity contribution in [2.75, 3.05) is 13.2 Å². The molecule has 0 aliphatic rings. The molecule has 0 aliphatic heterocycles. The van der Waals surface area contributed by atoms with E-state index >= 15 is 0 Å². The van der Waals surface area contributed by atoms with Crippen molar-refractivity contribution in [3.63, 3.8) is 0 Å². The molecule has 4 aromatic rings. The first kappa shape index (κ1) is 25.1. The Hall–Kier alpha value is -4.04. The van der Waals surface area contributed by atoms with Crippen LogP contribution in [-0.2, 0) is 25.6 Å². The molecule has 0 spiro atoms. The van der Waals surface area contributed by atoms with Gasteiger partial charge in [0.1, 0.15) is 6.54 Å². The lowest BCUT2D eigenvalue weighted by molar-refractivity contribution is -0.143. The molecule has 3 aromatic carbocycles. The minimum Gasteiger partial charge on any atom is -0.465 e. The van der Waals surface area contributed by atoms with Crippen LogP contribution in [0.1, 0.15) is 41.3 Å². The van der Waals surface area contributed by atoms with E-state index in [1.165, 1.54) is 11.3 Å². The van der Waals surface area contributed by atoms with Crippen LogP contribution in [0, 0.1) is 0 Å². The van der Waals surface area contributed by atoms with Crippen molar-refractivity contribution in [3.05, 3.63) is 100 Å². The third-order valence-electron chi connectivity index (χ3n) is 5.51. The molecule has 0 saturated heterocycles. The monoisotopic (exact) mass is 502 g/mol. The summed E-state index contributed by atoms with van der Waals surface area (Å²) in [6.45, 7) is 3.87. The Balaban J connectivity index is 1.84. The lowest BCUT2D eigenvalue weighted by Crippen LogP contribution is -2.24. The molecule has 0 radical (unpaired) electrons. The number of amides is 1. The molecule has 1 heterocycles. The number of thiazole rings is 1. The van der Waals surface area contributed by atoms with Crippen molar-refractivity contribution in [3.8, 4) is 0 Å². The Morgan fingerprint density at radius 2 is 1.47 bits per heavy atom. The van der Waals surface area contributed by atoms with Crippen LogP contribution < -0.4 is 4.80 Å². The highest BCUT2D eigenvalue weighted by molar-refractivity contribution is 7.16. The molecule has 1 aromatic heterocycles. The summed E-state index contributed by atoms with van der Waals surface area (Å²) in [5, 5.41) is 0. The number of carbonyl (C=O) groups is 3. The summed E-state index contributed by atoms with van der Waals surface area (Å²) >= 11 is 1.23. The molecule has 0 N–H and O–H groups in total. The summed E-state index contributed by atoms with van der Waals surface area (Å²) in [6.07, 6.45) is 0. The van der Waals surface area contributed by atoms with Crippen molar-refractivity contribution >= 4 is 39.4 Å². The fraction of sp³-hybridized carbons (Fsp3) is 0.214. The number of esters is 2. The number of rotatable bonds is 8. The van der Waals surface area contributed by atoms with Gasteiger partial charge in [-0.3, -0.25) is 9.59 Å². The Morgan fingerprint density at radius 1 is 0.861 bits per heavy atom. The van der Waals surface area contributed by atoms with Gasteiger partial charge in [0.15, 0.2) is 4.80 Å². The largest absolute Gasteiger partial charge is 0.465 e. The van der Waals surface area contributed by atoms with Crippen molar-refractivity contribution in [1.29, 1.82) is 0 Å². The van der Waals surface area contributed by atoms with Crippen molar-refractivity contribution < 1.29 is 23.9 Å². The molecule has 0 fully saturated rings. The molecule has 0 atom stereocenters. The van der Waals surface area contributed by atoms with Crippen molar-refractivity contribution in [1.82, 2.24) is 4.57 Å². The van der Waals surface area contributed by atoms with E-state index in [0.29, 0.717) is 20.6 Å². The number of nitrogens with zero attached hydrogens (tertiary/aromatic N) is 2. The normalized spacial score (nSPS) is 11.6. The van der Waals surface area contributed by atoms with Crippen molar-refractivity contribution in [2.24, 2.45) is 4.99 Å². The van der Waals surface area contributed by atoms with Gasteiger partial charge in [0.05, 0.1) is 34.9 Å². The minimum absolute atomic E-state index is 0.111. The van der Waals surface area contributed by atoms with E-state index in [4.69, 9.17) is 9.47 Å². The molecular formula is C28H26N2O5S. The van der Waals surface area contributed by atoms with Crippen LogP contribution in [0.4, 0.5) is 0 Å². The van der Waals surface area contributed by atoms with E-state index in [2.05, 4.69) is 4.99 Å². The van der Waals surface area contributed by atoms with E-state index in [-0.39, 0.29) is 25.7 Å². The first-order valence-corrected chi connectivity index (χ1v) is 12.5. The highest BCUT2D eigenvalue weighted by atomic mass is 32.1. The van der Waals surface area contributed by atoms with E-state index in [1.54, 1.807) is 36.6 Å². The number of benzene rings is 3. The summed E-state index contributed by atoms with van der Waals surface area (Å²) in [7, 11) is 0. The lowest BCUT2D eigenvalue weighted by atomic mass is 9.91. The highest BCUT2D eigenvalue weighted by Crippen LogP contribution is 2.26. The predicted molar refractivity (Wildman–Crippen MR) is 138 cm³/mol. The predicted octanol–water partition coefficient (Wildman–Crippen LogP) is 4.70. The quantitative estimate of drug-likeness (QED) is 0.326. The highest BCUT2D eigenvalue weighted by Gasteiger charge is 2.23. The van der Waals surface area contributed by atoms with Crippen LogP contribution in [0.2, 0.25) is 0 Å². The van der Waals surface area contributed by atoms with Gasteiger partial charge in [-0.15, -0.1) is 0 Å². The zero-order valence-electron chi connectivity index (χ0n) is 20.0. The number of aromatic nitrogens is 1. The van der Waals surface area contributed by atoms with Crippen molar-refractivity contribution in [2.45, 2.75) is 26.3 Å². The lowest BCUT2D eigenvalue weighted by Gasteiger charge is -2.14. The van der Waals surface area contributed by atoms with Crippen LogP contribution >= 0.6 is 11.3 Å². The van der Waals surface area contributed by atoms with Crippen LogP contribution in [0.3, 0.4) is 0 Å². The SMILES string of the molecule is CCOC(=O)Cn1c(=NC(=O)C(c2ccccc2)c2ccccc2)sc2cc(C(=O)OCC)ccc21. The standard InChI is InChI=1S/C28H26N2O5S/c1-3-34-24(31)18-30-22-16-15-21(27(33)35-4-2)17-23(22)36-28(30)29-26(32)25(19-11-7-5-8-12-19)20-13-9-6-10-14-20/h5-17,25H,3-4,18H2,1-2H3. The molecule has 1 amide bonds. The molecule has 0 bridgehead atoms. The molecule has 4 rings (SSSR count). The number of fused-ring (bicyclic) bond motifs is 1. The third kappa shape index (κ3) is 5.60. The van der Waals surface area contributed by atoms with Gasteiger partial charge in [-0.2, -0.15) is 4.99 Å². The molecule has 7 nitrogen and oxygen atoms in total. The van der Waals surface area contributed by atoms with Crippen LogP contribution in [-0.4, -0.2) is 35.6 Å². The van der Waals surface area contributed by atoms with Gasteiger partial charge in [0, 0.05) is 0 Å². The maximum Gasteiger partial charge on any atom is 0.338 e. The van der Waals surface area contributed by atoms with Crippen LogP contribution in [0.15, 0.2) is 83.9 Å². The fourth-order valence-electron chi connectivity index (χ4n) is 3.92. The summed E-state index contributed by atoms with van der Waals surface area (Å²) in [6, 6.07) is 24.0. The second-order valence-corrected chi connectivity index (χ2v) is 8.89. The second-order valence-electron chi connectivity index (χ2n) is 7.88. The first-order chi connectivity index (χ1) is 17.5. The summed E-state index contributed by atoms with van der Waals surface area (Å²) in [5.41, 5.74) is 2.70. The first-order valence-electron chi connectivity index (χ1n) is 11.7. The van der Waals surface area contributed by atoms with Gasteiger partial charge in [-0.1, -0.05) is 72.0 Å². The molecule has 36 heavy (non-hydrogen) atoms. The zero-order valence-corrected chi connectivity index (χ0v) is 20.9. The fourth-order valence-corrected chi connectivity index (χ4v) is 4.99. The number of hydrogen-bond acceptors (Lipinski definition) is 6. The second kappa shape index (κ2) is 11.6. The van der Waals surface area contributed by atoms with Gasteiger partial charge in [-0.05, 0) is 43.2 Å². The molecule has 0 saturated carbocycles. The van der Waals surface area contributed by atoms with Crippen LogP contribution in [0.5, 0.6) is 0 Å². The summed E-state index contributed by atoms with van der Waals surface area (Å²) < 4.78 is 12.6. The summed E-state index contributed by atoms with van der Waals surface area (Å²) in [4.78, 5) is 43.1. The number of ether oxygens (including phenoxy) is 2. The van der Waals surface area contributed by atoms with Gasteiger partial charge < -0.3 is 14.0 Å². The topological polar surface area (TPSA) is 87.0 Å². The van der Waals surface area contributed by atoms with E-state index in [0.717, 1.165) is 11.1 Å². The molecule has 184 valence electrons. The maximum absolute atomic E-state index is 13.7. The van der Waals surface area contributed by atoms with Gasteiger partial charge in [0.25, 0.3) is 5.91 Å². The zero-order chi connectivity index (χ0) is 25.5. The molecule has 8 heteroatoms. The van der Waals surface area contributed by atoms with Gasteiger partial charge in [-0.25, -0.2) is 4.79 Å². The summed E-state index contributed by atoms with van der Waals surface area (Å²) in [5.74, 6) is -1.85.